The summed E-state index contributed by atoms with van der Waals surface area (Å²) in [7, 11) is 0. The summed E-state index contributed by atoms with van der Waals surface area (Å²) in [5, 5.41) is 4.32. The minimum absolute atomic E-state index is 0.00414. The van der Waals surface area contributed by atoms with Crippen molar-refractivity contribution in [1.29, 1.82) is 0 Å². The molecule has 1 aromatic carbocycles. The van der Waals surface area contributed by atoms with Gasteiger partial charge in [0.15, 0.2) is 11.6 Å². The van der Waals surface area contributed by atoms with Crippen molar-refractivity contribution in [3.63, 3.8) is 0 Å². The molecule has 0 bridgehead atoms. The Hall–Kier alpha value is -2.84. The van der Waals surface area contributed by atoms with Crippen molar-refractivity contribution in [2.75, 3.05) is 13.1 Å². The number of carbonyl (C=O) groups is 1. The van der Waals surface area contributed by atoms with Gasteiger partial charge in [0.05, 0.1) is 12.5 Å². The zero-order chi connectivity index (χ0) is 21.9. The molecule has 1 saturated carbocycles. The molecule has 2 aliphatic heterocycles. The van der Waals surface area contributed by atoms with E-state index in [-0.39, 0.29) is 18.6 Å². The minimum atomic E-state index is -0.929. The van der Waals surface area contributed by atoms with Crippen molar-refractivity contribution in [2.45, 2.75) is 44.1 Å². The van der Waals surface area contributed by atoms with Gasteiger partial charge in [0.2, 0.25) is 5.91 Å². The summed E-state index contributed by atoms with van der Waals surface area (Å²) in [6.07, 6.45) is 6.13. The number of ether oxygens (including phenoxy) is 1. The van der Waals surface area contributed by atoms with Gasteiger partial charge >= 0.3 is 0 Å². The van der Waals surface area contributed by atoms with Gasteiger partial charge in [-0.15, -0.1) is 0 Å². The summed E-state index contributed by atoms with van der Waals surface area (Å²) in [6.45, 7) is 1.76. The number of H-pyrrole nitrogens is 1. The molecule has 0 radical (unpaired) electrons. The van der Waals surface area contributed by atoms with Crippen LogP contribution in [-0.4, -0.2) is 39.9 Å². The number of pyridine rings is 1. The fourth-order valence-electron chi connectivity index (χ4n) is 5.33. The average molecular weight is 438 g/mol. The molecular formula is C24H24F2N4O2. The van der Waals surface area contributed by atoms with E-state index in [4.69, 9.17) is 4.74 Å². The summed E-state index contributed by atoms with van der Waals surface area (Å²) < 4.78 is 34.2. The van der Waals surface area contributed by atoms with Crippen LogP contribution in [0.1, 0.15) is 36.0 Å². The highest BCUT2D eigenvalue weighted by atomic mass is 19.2. The predicted molar refractivity (Wildman–Crippen MR) is 113 cm³/mol. The highest BCUT2D eigenvalue weighted by molar-refractivity contribution is 5.84. The number of amides is 1. The van der Waals surface area contributed by atoms with Gasteiger partial charge in [-0.1, -0.05) is 0 Å². The molecule has 2 atom stereocenters. The number of fused-ring (bicyclic) bond motifs is 3. The van der Waals surface area contributed by atoms with Crippen LogP contribution in [-0.2, 0) is 28.3 Å². The van der Waals surface area contributed by atoms with Crippen LogP contribution in [0.2, 0.25) is 0 Å². The summed E-state index contributed by atoms with van der Waals surface area (Å²) in [4.78, 5) is 23.4. The summed E-state index contributed by atoms with van der Waals surface area (Å²) >= 11 is 0. The highest BCUT2D eigenvalue weighted by Gasteiger charge is 2.53. The quantitative estimate of drug-likeness (QED) is 0.655. The molecule has 6 rings (SSSR count). The summed E-state index contributed by atoms with van der Waals surface area (Å²) in [5.74, 6) is -2.29. The van der Waals surface area contributed by atoms with E-state index in [9.17, 15) is 13.6 Å². The molecule has 1 unspecified atom stereocenters. The molecule has 32 heavy (non-hydrogen) atoms. The average Bonchev–Trinajstić information content (AvgIpc) is 3.49. The van der Waals surface area contributed by atoms with Crippen molar-refractivity contribution in [1.82, 2.24) is 20.2 Å². The molecule has 1 spiro atoms. The molecule has 4 heterocycles. The molecular weight excluding hydrogens is 414 g/mol. The molecule has 3 aromatic rings. The van der Waals surface area contributed by atoms with Crippen LogP contribution in [0.4, 0.5) is 8.78 Å². The Kier molecular flexibility index (Phi) is 4.55. The van der Waals surface area contributed by atoms with Gasteiger partial charge in [0.25, 0.3) is 0 Å². The lowest BCUT2D eigenvalue weighted by Gasteiger charge is -2.42. The number of nitrogens with zero attached hydrogens (tertiary/aromatic N) is 2. The Labute approximate surface area is 184 Å². The second-order valence-electron chi connectivity index (χ2n) is 9.02. The number of aromatic nitrogens is 2. The second-order valence-corrected chi connectivity index (χ2v) is 9.02. The summed E-state index contributed by atoms with van der Waals surface area (Å²) in [5.41, 5.74) is 2.13. The first-order valence-electron chi connectivity index (χ1n) is 11.1. The molecule has 2 N–H and O–H groups in total. The zero-order valence-electron chi connectivity index (χ0n) is 17.5. The molecule has 1 amide bonds. The van der Waals surface area contributed by atoms with Crippen molar-refractivity contribution in [3.05, 3.63) is 65.0 Å². The van der Waals surface area contributed by atoms with E-state index in [1.54, 1.807) is 6.20 Å². The Morgan fingerprint density at radius 3 is 2.97 bits per heavy atom. The molecule has 2 fully saturated rings. The first kappa shape index (κ1) is 19.8. The Bertz CT molecular complexity index is 1210. The number of aromatic amines is 1. The number of halogens is 2. The SMILES string of the molecule is O=C(C1CNCC[C@@]12OCc1cc(F)c(F)cc12)N(Cc1c[nH]c2ncccc12)C1CC1. The largest absolute Gasteiger partial charge is 0.365 e. The van der Waals surface area contributed by atoms with Crippen LogP contribution in [0, 0.1) is 17.6 Å². The Balaban J connectivity index is 1.36. The van der Waals surface area contributed by atoms with Crippen LogP contribution in [0.3, 0.4) is 0 Å². The highest BCUT2D eigenvalue weighted by Crippen LogP contribution is 2.48. The number of hydrogen-bond donors (Lipinski definition) is 2. The third-order valence-corrected chi connectivity index (χ3v) is 7.12. The minimum Gasteiger partial charge on any atom is -0.365 e. The number of rotatable bonds is 4. The van der Waals surface area contributed by atoms with Crippen molar-refractivity contribution >= 4 is 16.9 Å². The lowest BCUT2D eigenvalue weighted by molar-refractivity contribution is -0.157. The van der Waals surface area contributed by atoms with E-state index < -0.39 is 23.2 Å². The van der Waals surface area contributed by atoms with Crippen molar-refractivity contribution in [2.24, 2.45) is 5.92 Å². The fraction of sp³-hybridized carbons (Fsp3) is 0.417. The molecule has 1 aliphatic carbocycles. The van der Waals surface area contributed by atoms with E-state index in [2.05, 4.69) is 15.3 Å². The van der Waals surface area contributed by atoms with Crippen LogP contribution >= 0.6 is 0 Å². The standard InChI is InChI=1S/C24H24F2N4O2/c25-20-8-14-13-32-24(18(14)9-21(20)26)5-7-27-11-19(24)23(31)30(16-3-4-16)12-15-10-29-22-17(15)2-1-6-28-22/h1-2,6,8-10,16,19,27H,3-5,7,11-13H2,(H,28,29)/t19?,24-/m0/s1. The van der Waals surface area contributed by atoms with Crippen LogP contribution in [0.25, 0.3) is 11.0 Å². The normalized spacial score (nSPS) is 24.8. The van der Waals surface area contributed by atoms with Gasteiger partial charge < -0.3 is 19.9 Å². The maximum absolute atomic E-state index is 14.2. The number of carbonyl (C=O) groups excluding carboxylic acids is 1. The van der Waals surface area contributed by atoms with Gasteiger partial charge in [-0.3, -0.25) is 4.79 Å². The zero-order valence-corrected chi connectivity index (χ0v) is 17.5. The first-order valence-corrected chi connectivity index (χ1v) is 11.1. The molecule has 1 saturated heterocycles. The molecule has 166 valence electrons. The molecule has 2 aromatic heterocycles. The maximum atomic E-state index is 14.2. The number of piperidine rings is 1. The third kappa shape index (κ3) is 3.04. The van der Waals surface area contributed by atoms with Gasteiger partial charge in [-0.2, -0.15) is 0 Å². The van der Waals surface area contributed by atoms with Crippen molar-refractivity contribution in [3.8, 4) is 0 Å². The van der Waals surface area contributed by atoms with Gasteiger partial charge in [0.1, 0.15) is 11.2 Å². The van der Waals surface area contributed by atoms with Crippen LogP contribution in [0.5, 0.6) is 0 Å². The second kappa shape index (κ2) is 7.35. The predicted octanol–water partition coefficient (Wildman–Crippen LogP) is 3.37. The fourth-order valence-corrected chi connectivity index (χ4v) is 5.33. The van der Waals surface area contributed by atoms with E-state index in [1.807, 2.05) is 23.2 Å². The number of benzene rings is 1. The van der Waals surface area contributed by atoms with Crippen molar-refractivity contribution < 1.29 is 18.3 Å². The topological polar surface area (TPSA) is 70.2 Å². The molecule has 3 aliphatic rings. The van der Waals surface area contributed by atoms with Crippen LogP contribution in [0.15, 0.2) is 36.7 Å². The Morgan fingerprint density at radius 1 is 1.28 bits per heavy atom. The van der Waals surface area contributed by atoms with Gasteiger partial charge in [-0.05, 0) is 66.8 Å². The molecule has 6 nitrogen and oxygen atoms in total. The third-order valence-electron chi connectivity index (χ3n) is 7.12. The first-order chi connectivity index (χ1) is 15.6. The lowest BCUT2D eigenvalue weighted by atomic mass is 9.75. The monoisotopic (exact) mass is 438 g/mol. The van der Waals surface area contributed by atoms with Crippen LogP contribution < -0.4 is 5.32 Å². The maximum Gasteiger partial charge on any atom is 0.230 e. The smallest absolute Gasteiger partial charge is 0.230 e. The van der Waals surface area contributed by atoms with Gasteiger partial charge in [0, 0.05) is 36.9 Å². The molecule has 8 heteroatoms. The lowest BCUT2D eigenvalue weighted by Crippen LogP contribution is -2.55. The van der Waals surface area contributed by atoms with E-state index in [0.717, 1.165) is 29.4 Å². The summed E-state index contributed by atoms with van der Waals surface area (Å²) in [6, 6.07) is 6.52. The Morgan fingerprint density at radius 2 is 2.12 bits per heavy atom. The van der Waals surface area contributed by atoms with E-state index >= 15 is 0 Å². The van der Waals surface area contributed by atoms with E-state index in [0.29, 0.717) is 37.2 Å². The number of hydrogen-bond acceptors (Lipinski definition) is 4. The van der Waals surface area contributed by atoms with E-state index in [1.165, 1.54) is 12.1 Å². The van der Waals surface area contributed by atoms with Gasteiger partial charge in [-0.25, -0.2) is 13.8 Å². The number of nitrogens with one attached hydrogen (secondary N) is 2.